The molecule has 1 aromatic carbocycles. The summed E-state index contributed by atoms with van der Waals surface area (Å²) >= 11 is 0. The lowest BCUT2D eigenvalue weighted by atomic mass is 10.1. The number of pyridine rings is 1. The highest BCUT2D eigenvalue weighted by Crippen LogP contribution is 2.19. The average molecular weight is 336 g/mol. The lowest BCUT2D eigenvalue weighted by molar-refractivity contribution is -0.115. The Morgan fingerprint density at radius 2 is 2.04 bits per heavy atom. The quantitative estimate of drug-likeness (QED) is 0.768. The summed E-state index contributed by atoms with van der Waals surface area (Å²) in [6.07, 6.45) is 4.00. The van der Waals surface area contributed by atoms with Crippen LogP contribution in [0.2, 0.25) is 0 Å². The Kier molecular flexibility index (Phi) is 4.35. The van der Waals surface area contributed by atoms with Crippen LogP contribution in [0.4, 0.5) is 11.5 Å². The number of nitrogens with zero attached hydrogens (tertiary/aromatic N) is 2. The monoisotopic (exact) mass is 336 g/mol. The van der Waals surface area contributed by atoms with Gasteiger partial charge in [0.15, 0.2) is 0 Å². The SMILES string of the molecule is O=C(Cc1c[nH]c2ccccc12)Nc1ccc(N2CCOCC2)cn1. The van der Waals surface area contributed by atoms with Crippen molar-refractivity contribution in [3.8, 4) is 0 Å². The zero-order valence-corrected chi connectivity index (χ0v) is 13.9. The third-order valence-corrected chi connectivity index (χ3v) is 4.42. The van der Waals surface area contributed by atoms with Crippen LogP contribution in [0.5, 0.6) is 0 Å². The number of hydrogen-bond acceptors (Lipinski definition) is 4. The molecule has 1 amide bonds. The first-order valence-corrected chi connectivity index (χ1v) is 8.43. The van der Waals surface area contributed by atoms with Gasteiger partial charge in [0.05, 0.1) is 31.5 Å². The summed E-state index contributed by atoms with van der Waals surface area (Å²) in [5, 5.41) is 3.95. The van der Waals surface area contributed by atoms with Crippen molar-refractivity contribution in [3.05, 3.63) is 54.4 Å². The van der Waals surface area contributed by atoms with Gasteiger partial charge in [-0.15, -0.1) is 0 Å². The second kappa shape index (κ2) is 6.94. The van der Waals surface area contributed by atoms with Crippen LogP contribution in [0.25, 0.3) is 10.9 Å². The van der Waals surface area contributed by atoms with Crippen molar-refractivity contribution in [2.24, 2.45) is 0 Å². The maximum Gasteiger partial charge on any atom is 0.230 e. The van der Waals surface area contributed by atoms with E-state index in [1.807, 2.05) is 42.6 Å². The van der Waals surface area contributed by atoms with E-state index in [4.69, 9.17) is 4.74 Å². The predicted molar refractivity (Wildman–Crippen MR) is 97.9 cm³/mol. The molecule has 1 saturated heterocycles. The smallest absolute Gasteiger partial charge is 0.230 e. The van der Waals surface area contributed by atoms with Crippen molar-refractivity contribution in [2.45, 2.75) is 6.42 Å². The van der Waals surface area contributed by atoms with Crippen molar-refractivity contribution in [1.29, 1.82) is 0 Å². The van der Waals surface area contributed by atoms with Gasteiger partial charge in [0.1, 0.15) is 5.82 Å². The van der Waals surface area contributed by atoms with Gasteiger partial charge in [-0.2, -0.15) is 0 Å². The topological polar surface area (TPSA) is 70.2 Å². The van der Waals surface area contributed by atoms with Crippen LogP contribution in [0.15, 0.2) is 48.8 Å². The molecule has 0 spiro atoms. The molecule has 1 aliphatic rings. The highest BCUT2D eigenvalue weighted by molar-refractivity contribution is 5.95. The lowest BCUT2D eigenvalue weighted by Gasteiger charge is -2.28. The Bertz CT molecular complexity index is 867. The van der Waals surface area contributed by atoms with Crippen molar-refractivity contribution in [3.63, 3.8) is 0 Å². The van der Waals surface area contributed by atoms with Crippen LogP contribution >= 0.6 is 0 Å². The average Bonchev–Trinajstić information content (AvgIpc) is 3.06. The normalized spacial score (nSPS) is 14.6. The molecule has 25 heavy (non-hydrogen) atoms. The van der Waals surface area contributed by atoms with Crippen molar-refractivity contribution in [2.75, 3.05) is 36.5 Å². The summed E-state index contributed by atoms with van der Waals surface area (Å²) in [5.41, 5.74) is 3.08. The Labute approximate surface area is 145 Å². The molecule has 0 radical (unpaired) electrons. The van der Waals surface area contributed by atoms with Crippen molar-refractivity contribution < 1.29 is 9.53 Å². The molecule has 6 heteroatoms. The van der Waals surface area contributed by atoms with Gasteiger partial charge < -0.3 is 19.9 Å². The predicted octanol–water partition coefficient (Wildman–Crippen LogP) is 2.58. The summed E-state index contributed by atoms with van der Waals surface area (Å²) < 4.78 is 5.36. The van der Waals surface area contributed by atoms with Crippen LogP contribution < -0.4 is 10.2 Å². The molecule has 0 aliphatic carbocycles. The fourth-order valence-corrected chi connectivity index (χ4v) is 3.11. The number of carbonyl (C=O) groups is 1. The molecule has 2 aromatic heterocycles. The fourth-order valence-electron chi connectivity index (χ4n) is 3.11. The van der Waals surface area contributed by atoms with E-state index in [9.17, 15) is 4.79 Å². The Morgan fingerprint density at radius 3 is 2.84 bits per heavy atom. The molecule has 128 valence electrons. The summed E-state index contributed by atoms with van der Waals surface area (Å²) in [5.74, 6) is 0.498. The highest BCUT2D eigenvalue weighted by Gasteiger charge is 2.12. The van der Waals surface area contributed by atoms with E-state index in [0.717, 1.165) is 48.5 Å². The fraction of sp³-hybridized carbons (Fsp3) is 0.263. The van der Waals surface area contributed by atoms with Crippen LogP contribution in [0.3, 0.4) is 0 Å². The number of ether oxygens (including phenoxy) is 1. The maximum atomic E-state index is 12.3. The molecule has 1 fully saturated rings. The van der Waals surface area contributed by atoms with E-state index >= 15 is 0 Å². The van der Waals surface area contributed by atoms with Crippen LogP contribution in [-0.4, -0.2) is 42.2 Å². The number of carbonyl (C=O) groups excluding carboxylic acids is 1. The zero-order valence-electron chi connectivity index (χ0n) is 13.9. The number of rotatable bonds is 4. The van der Waals surface area contributed by atoms with E-state index in [1.165, 1.54) is 0 Å². The third kappa shape index (κ3) is 3.49. The zero-order chi connectivity index (χ0) is 17.1. The van der Waals surface area contributed by atoms with Crippen LogP contribution in [-0.2, 0) is 16.0 Å². The molecule has 6 nitrogen and oxygen atoms in total. The Morgan fingerprint density at radius 1 is 1.20 bits per heavy atom. The number of aromatic nitrogens is 2. The number of amides is 1. The summed E-state index contributed by atoms with van der Waals surface area (Å²) in [7, 11) is 0. The molecule has 3 heterocycles. The highest BCUT2D eigenvalue weighted by atomic mass is 16.5. The molecule has 0 bridgehead atoms. The number of anilines is 2. The van der Waals surface area contributed by atoms with Gasteiger partial charge in [0, 0.05) is 30.2 Å². The number of H-pyrrole nitrogens is 1. The molecule has 0 atom stereocenters. The van der Waals surface area contributed by atoms with Gasteiger partial charge in [-0.3, -0.25) is 4.79 Å². The minimum atomic E-state index is -0.0728. The van der Waals surface area contributed by atoms with Crippen LogP contribution in [0, 0.1) is 0 Å². The van der Waals surface area contributed by atoms with E-state index < -0.39 is 0 Å². The van der Waals surface area contributed by atoms with E-state index in [-0.39, 0.29) is 5.91 Å². The minimum Gasteiger partial charge on any atom is -0.378 e. The van der Waals surface area contributed by atoms with Gasteiger partial charge in [-0.25, -0.2) is 4.98 Å². The van der Waals surface area contributed by atoms with E-state index in [0.29, 0.717) is 12.2 Å². The van der Waals surface area contributed by atoms with Crippen molar-refractivity contribution >= 4 is 28.3 Å². The first kappa shape index (κ1) is 15.7. The molecular weight excluding hydrogens is 316 g/mol. The summed E-state index contributed by atoms with van der Waals surface area (Å²) in [4.78, 5) is 22.1. The van der Waals surface area contributed by atoms with Gasteiger partial charge in [-0.1, -0.05) is 18.2 Å². The molecule has 1 aliphatic heterocycles. The number of nitrogens with one attached hydrogen (secondary N) is 2. The van der Waals surface area contributed by atoms with Gasteiger partial charge >= 0.3 is 0 Å². The standard InChI is InChI=1S/C19H20N4O2/c24-19(11-14-12-20-17-4-2-1-3-16(14)17)22-18-6-5-15(13-21-18)23-7-9-25-10-8-23/h1-6,12-13,20H,7-11H2,(H,21,22,24). The Balaban J connectivity index is 1.40. The largest absolute Gasteiger partial charge is 0.378 e. The minimum absolute atomic E-state index is 0.0728. The summed E-state index contributed by atoms with van der Waals surface area (Å²) in [6.45, 7) is 3.22. The molecule has 0 unspecified atom stereocenters. The van der Waals surface area contributed by atoms with Crippen molar-refractivity contribution in [1.82, 2.24) is 9.97 Å². The second-order valence-corrected chi connectivity index (χ2v) is 6.09. The molecular formula is C19H20N4O2. The first-order chi connectivity index (χ1) is 12.3. The number of benzene rings is 1. The van der Waals surface area contributed by atoms with Gasteiger partial charge in [0.2, 0.25) is 5.91 Å². The number of para-hydroxylation sites is 1. The van der Waals surface area contributed by atoms with Gasteiger partial charge in [0.25, 0.3) is 0 Å². The number of hydrogen-bond donors (Lipinski definition) is 2. The lowest BCUT2D eigenvalue weighted by Crippen LogP contribution is -2.36. The molecule has 0 saturated carbocycles. The molecule has 4 rings (SSSR count). The number of aromatic amines is 1. The molecule has 3 aromatic rings. The maximum absolute atomic E-state index is 12.3. The van der Waals surface area contributed by atoms with Gasteiger partial charge in [-0.05, 0) is 23.8 Å². The summed E-state index contributed by atoms with van der Waals surface area (Å²) in [6, 6.07) is 11.8. The number of fused-ring (bicyclic) bond motifs is 1. The third-order valence-electron chi connectivity index (χ3n) is 4.42. The first-order valence-electron chi connectivity index (χ1n) is 8.43. The van der Waals surface area contributed by atoms with Crippen LogP contribution in [0.1, 0.15) is 5.56 Å². The number of morpholine rings is 1. The second-order valence-electron chi connectivity index (χ2n) is 6.09. The van der Waals surface area contributed by atoms with E-state index in [1.54, 1.807) is 6.20 Å². The molecule has 2 N–H and O–H groups in total. The Hall–Kier alpha value is -2.86. The van der Waals surface area contributed by atoms with E-state index in [2.05, 4.69) is 20.2 Å².